The van der Waals surface area contributed by atoms with Crippen LogP contribution in [0, 0.1) is 0 Å². The molecule has 0 saturated heterocycles. The molecule has 1 unspecified atom stereocenters. The number of hydrogen-bond acceptors (Lipinski definition) is 4. The zero-order valence-electron chi connectivity index (χ0n) is 15.6. The Morgan fingerprint density at radius 3 is 2.59 bits per heavy atom. The first-order valence-corrected chi connectivity index (χ1v) is 10.4. The van der Waals surface area contributed by atoms with Crippen molar-refractivity contribution in [1.29, 1.82) is 0 Å². The Balaban J connectivity index is 1.66. The molecule has 146 valence electrons. The van der Waals surface area contributed by atoms with Crippen molar-refractivity contribution >= 4 is 45.7 Å². The van der Waals surface area contributed by atoms with E-state index in [0.29, 0.717) is 21.3 Å². The summed E-state index contributed by atoms with van der Waals surface area (Å²) in [6.07, 6.45) is 0. The van der Waals surface area contributed by atoms with Gasteiger partial charge in [-0.2, -0.15) is 0 Å². The number of fused-ring (bicyclic) bond motifs is 1. The van der Waals surface area contributed by atoms with Gasteiger partial charge in [-0.05, 0) is 54.8 Å². The molecule has 1 N–H and O–H groups in total. The van der Waals surface area contributed by atoms with Gasteiger partial charge in [-0.15, -0.1) is 11.3 Å². The first-order chi connectivity index (χ1) is 14.0. The number of ketones is 1. The molecule has 1 amide bonds. The molecule has 0 fully saturated rings. The Bertz CT molecular complexity index is 1170. The standard InChI is InChI=1S/C22H18ClN3O2S/c1-14(24-22(28)20-7-4-12-29-20)21-25-17-5-2-3-6-18(17)26(21)13-19(27)15-8-10-16(23)11-9-15/h2-12,14H,13H2,1H3,(H,24,28). The van der Waals surface area contributed by atoms with Gasteiger partial charge in [0.15, 0.2) is 5.78 Å². The van der Waals surface area contributed by atoms with Crippen molar-refractivity contribution in [2.45, 2.75) is 19.5 Å². The molecule has 2 aromatic carbocycles. The van der Waals surface area contributed by atoms with Gasteiger partial charge in [-0.25, -0.2) is 4.98 Å². The van der Waals surface area contributed by atoms with E-state index in [0.717, 1.165) is 11.0 Å². The van der Waals surface area contributed by atoms with Crippen LogP contribution in [0.1, 0.15) is 38.8 Å². The van der Waals surface area contributed by atoms with Crippen molar-refractivity contribution < 1.29 is 9.59 Å². The number of hydrogen-bond donors (Lipinski definition) is 1. The topological polar surface area (TPSA) is 64.0 Å². The molecule has 7 heteroatoms. The molecular formula is C22H18ClN3O2S. The van der Waals surface area contributed by atoms with Crippen molar-refractivity contribution in [2.24, 2.45) is 0 Å². The van der Waals surface area contributed by atoms with E-state index in [1.165, 1.54) is 11.3 Å². The summed E-state index contributed by atoms with van der Waals surface area (Å²) in [5, 5.41) is 5.42. The number of imidazole rings is 1. The van der Waals surface area contributed by atoms with Crippen molar-refractivity contribution in [3.8, 4) is 0 Å². The average Bonchev–Trinajstić information content (AvgIpc) is 3.37. The molecule has 0 aliphatic heterocycles. The number of benzene rings is 2. The third-order valence-electron chi connectivity index (χ3n) is 4.63. The number of thiophene rings is 1. The third kappa shape index (κ3) is 4.09. The second kappa shape index (κ2) is 8.19. The van der Waals surface area contributed by atoms with E-state index in [1.807, 2.05) is 47.2 Å². The maximum absolute atomic E-state index is 12.9. The molecule has 0 radical (unpaired) electrons. The number of carbonyl (C=O) groups excluding carboxylic acids is 2. The fourth-order valence-electron chi connectivity index (χ4n) is 3.20. The maximum Gasteiger partial charge on any atom is 0.261 e. The van der Waals surface area contributed by atoms with E-state index in [-0.39, 0.29) is 24.3 Å². The molecule has 2 heterocycles. The molecule has 0 aliphatic carbocycles. The van der Waals surface area contributed by atoms with Gasteiger partial charge in [0.1, 0.15) is 5.82 Å². The van der Waals surface area contributed by atoms with Crippen molar-refractivity contribution in [1.82, 2.24) is 14.9 Å². The highest BCUT2D eigenvalue weighted by Gasteiger charge is 2.21. The van der Waals surface area contributed by atoms with E-state index in [1.54, 1.807) is 30.3 Å². The normalized spacial score (nSPS) is 12.1. The maximum atomic E-state index is 12.9. The van der Waals surface area contributed by atoms with Crippen LogP contribution in [0.15, 0.2) is 66.0 Å². The number of rotatable bonds is 6. The van der Waals surface area contributed by atoms with Gasteiger partial charge in [-0.1, -0.05) is 29.8 Å². The van der Waals surface area contributed by atoms with Crippen LogP contribution in [0.4, 0.5) is 0 Å². The van der Waals surface area contributed by atoms with E-state index in [4.69, 9.17) is 11.6 Å². The SMILES string of the molecule is CC(NC(=O)c1cccs1)c1nc2ccccc2n1CC(=O)c1ccc(Cl)cc1. The molecule has 0 spiro atoms. The molecule has 2 aromatic heterocycles. The van der Waals surface area contributed by atoms with Gasteiger partial charge in [0.2, 0.25) is 0 Å². The van der Waals surface area contributed by atoms with Crippen LogP contribution in [0.25, 0.3) is 11.0 Å². The highest BCUT2D eigenvalue weighted by Crippen LogP contribution is 2.22. The number of nitrogens with zero attached hydrogens (tertiary/aromatic N) is 2. The molecule has 4 rings (SSSR count). The minimum atomic E-state index is -0.366. The smallest absolute Gasteiger partial charge is 0.261 e. The van der Waals surface area contributed by atoms with Crippen LogP contribution in [0.2, 0.25) is 5.02 Å². The summed E-state index contributed by atoms with van der Waals surface area (Å²) in [7, 11) is 0. The fraction of sp³-hybridized carbons (Fsp3) is 0.136. The molecule has 0 bridgehead atoms. The minimum absolute atomic E-state index is 0.0529. The number of aromatic nitrogens is 2. The minimum Gasteiger partial charge on any atom is -0.342 e. The van der Waals surface area contributed by atoms with Crippen molar-refractivity contribution in [2.75, 3.05) is 0 Å². The second-order valence-corrected chi connectivity index (χ2v) is 8.03. The average molecular weight is 424 g/mol. The number of Topliss-reactive ketones (excluding diaryl/α,β-unsaturated/α-hetero) is 1. The first-order valence-electron chi connectivity index (χ1n) is 9.11. The number of amides is 1. The summed E-state index contributed by atoms with van der Waals surface area (Å²) in [5.41, 5.74) is 2.21. The largest absolute Gasteiger partial charge is 0.342 e. The van der Waals surface area contributed by atoms with Crippen LogP contribution < -0.4 is 5.32 Å². The molecule has 0 saturated carbocycles. The first kappa shape index (κ1) is 19.4. The Morgan fingerprint density at radius 2 is 1.86 bits per heavy atom. The zero-order chi connectivity index (χ0) is 20.4. The number of para-hydroxylation sites is 2. The lowest BCUT2D eigenvalue weighted by molar-refractivity contribution is 0.0942. The van der Waals surface area contributed by atoms with Crippen LogP contribution in [0.5, 0.6) is 0 Å². The van der Waals surface area contributed by atoms with Gasteiger partial charge in [0.25, 0.3) is 5.91 Å². The zero-order valence-corrected chi connectivity index (χ0v) is 17.2. The number of halogens is 1. The van der Waals surface area contributed by atoms with Crippen LogP contribution >= 0.6 is 22.9 Å². The summed E-state index contributed by atoms with van der Waals surface area (Å²) in [5.74, 6) is 0.427. The fourth-order valence-corrected chi connectivity index (χ4v) is 3.95. The van der Waals surface area contributed by atoms with Crippen LogP contribution in [0.3, 0.4) is 0 Å². The summed E-state index contributed by atoms with van der Waals surface area (Å²) >= 11 is 7.31. The predicted molar refractivity (Wildman–Crippen MR) is 116 cm³/mol. The van der Waals surface area contributed by atoms with Gasteiger partial charge < -0.3 is 9.88 Å². The predicted octanol–water partition coefficient (Wildman–Crippen LogP) is 5.13. The summed E-state index contributed by atoms with van der Waals surface area (Å²) in [6.45, 7) is 1.99. The summed E-state index contributed by atoms with van der Waals surface area (Å²) in [6, 6.07) is 17.7. The molecule has 1 atom stereocenters. The lowest BCUT2D eigenvalue weighted by atomic mass is 10.1. The monoisotopic (exact) mass is 423 g/mol. The lowest BCUT2D eigenvalue weighted by Gasteiger charge is -2.16. The molecule has 4 aromatic rings. The Hall–Kier alpha value is -2.96. The second-order valence-electron chi connectivity index (χ2n) is 6.65. The van der Waals surface area contributed by atoms with Gasteiger partial charge in [0, 0.05) is 10.6 Å². The van der Waals surface area contributed by atoms with Crippen LogP contribution in [-0.4, -0.2) is 21.2 Å². The number of carbonyl (C=O) groups is 2. The van der Waals surface area contributed by atoms with E-state index >= 15 is 0 Å². The van der Waals surface area contributed by atoms with E-state index in [2.05, 4.69) is 10.3 Å². The van der Waals surface area contributed by atoms with Gasteiger partial charge in [0.05, 0.1) is 28.5 Å². The Labute approximate surface area is 177 Å². The molecule has 0 aliphatic rings. The van der Waals surface area contributed by atoms with Gasteiger partial charge >= 0.3 is 0 Å². The third-order valence-corrected chi connectivity index (χ3v) is 5.75. The molecule has 5 nitrogen and oxygen atoms in total. The van der Waals surface area contributed by atoms with Gasteiger partial charge in [-0.3, -0.25) is 9.59 Å². The van der Waals surface area contributed by atoms with Crippen molar-refractivity contribution in [3.05, 3.63) is 87.3 Å². The Morgan fingerprint density at radius 1 is 1.10 bits per heavy atom. The molecular weight excluding hydrogens is 406 g/mol. The highest BCUT2D eigenvalue weighted by atomic mass is 35.5. The van der Waals surface area contributed by atoms with E-state index < -0.39 is 0 Å². The molecule has 29 heavy (non-hydrogen) atoms. The summed E-state index contributed by atoms with van der Waals surface area (Å²) < 4.78 is 1.87. The number of nitrogens with one attached hydrogen (secondary N) is 1. The summed E-state index contributed by atoms with van der Waals surface area (Å²) in [4.78, 5) is 30.7. The lowest BCUT2D eigenvalue weighted by Crippen LogP contribution is -2.28. The van der Waals surface area contributed by atoms with E-state index in [9.17, 15) is 9.59 Å². The quantitative estimate of drug-likeness (QED) is 0.437. The Kier molecular flexibility index (Phi) is 5.47. The van der Waals surface area contributed by atoms with Crippen LogP contribution in [-0.2, 0) is 6.54 Å². The highest BCUT2D eigenvalue weighted by molar-refractivity contribution is 7.12. The van der Waals surface area contributed by atoms with Crippen molar-refractivity contribution in [3.63, 3.8) is 0 Å².